The zero-order valence-corrected chi connectivity index (χ0v) is 15.3. The van der Waals surface area contributed by atoms with Gasteiger partial charge in [-0.25, -0.2) is 19.7 Å². The molecule has 3 aromatic rings. The van der Waals surface area contributed by atoms with E-state index in [-0.39, 0.29) is 12.1 Å². The van der Waals surface area contributed by atoms with Gasteiger partial charge in [-0.05, 0) is 25.5 Å². The van der Waals surface area contributed by atoms with Gasteiger partial charge < -0.3 is 15.0 Å². The lowest BCUT2D eigenvalue weighted by Gasteiger charge is -2.17. The second-order valence-electron chi connectivity index (χ2n) is 6.12. The maximum Gasteiger partial charge on any atom is 0.409 e. The molecule has 1 aliphatic heterocycles. The number of rotatable bonds is 5. The molecular formula is C17H20N6O2S. The Morgan fingerprint density at radius 1 is 1.46 bits per heavy atom. The first-order valence-corrected chi connectivity index (χ1v) is 9.55. The number of hydrogen-bond acceptors (Lipinski definition) is 7. The largest absolute Gasteiger partial charge is 0.450 e. The molecule has 3 aromatic heterocycles. The van der Waals surface area contributed by atoms with Gasteiger partial charge in [0.1, 0.15) is 5.52 Å². The summed E-state index contributed by atoms with van der Waals surface area (Å²) >= 11 is 1.57. The first-order valence-electron chi connectivity index (χ1n) is 8.61. The molecule has 1 atom stereocenters. The molecule has 1 amide bonds. The third-order valence-corrected chi connectivity index (χ3v) is 4.99. The number of aromatic nitrogens is 4. The Bertz CT molecular complexity index is 894. The van der Waals surface area contributed by atoms with E-state index in [9.17, 15) is 4.79 Å². The molecule has 9 heteroatoms. The van der Waals surface area contributed by atoms with Gasteiger partial charge in [-0.3, -0.25) is 4.57 Å². The van der Waals surface area contributed by atoms with Gasteiger partial charge in [0.2, 0.25) is 5.95 Å². The van der Waals surface area contributed by atoms with Crippen LogP contribution in [0, 0.1) is 0 Å². The van der Waals surface area contributed by atoms with E-state index in [1.54, 1.807) is 22.4 Å². The van der Waals surface area contributed by atoms with E-state index in [1.165, 1.54) is 0 Å². The van der Waals surface area contributed by atoms with Crippen LogP contribution in [0.3, 0.4) is 0 Å². The number of nitrogens with zero attached hydrogens (tertiary/aromatic N) is 5. The smallest absolute Gasteiger partial charge is 0.409 e. The van der Waals surface area contributed by atoms with Gasteiger partial charge in [0.15, 0.2) is 5.65 Å². The molecule has 0 saturated carbocycles. The van der Waals surface area contributed by atoms with Crippen LogP contribution in [0.1, 0.15) is 19.0 Å². The summed E-state index contributed by atoms with van der Waals surface area (Å²) in [7, 11) is 0. The number of carbonyl (C=O) groups excluding carboxylic acids is 1. The molecular weight excluding hydrogens is 352 g/mol. The average Bonchev–Trinajstić information content (AvgIpc) is 3.37. The Kier molecular flexibility index (Phi) is 4.70. The van der Waals surface area contributed by atoms with Crippen molar-refractivity contribution in [3.8, 4) is 0 Å². The van der Waals surface area contributed by atoms with Gasteiger partial charge in [-0.1, -0.05) is 0 Å². The van der Waals surface area contributed by atoms with Crippen LogP contribution in [0.25, 0.3) is 11.2 Å². The number of hydrogen-bond donors (Lipinski definition) is 1. The average molecular weight is 372 g/mol. The monoisotopic (exact) mass is 372 g/mol. The molecule has 1 fully saturated rings. The van der Waals surface area contributed by atoms with Crippen molar-refractivity contribution in [3.05, 3.63) is 34.9 Å². The fourth-order valence-electron chi connectivity index (χ4n) is 3.14. The topological polar surface area (TPSA) is 85.2 Å². The van der Waals surface area contributed by atoms with E-state index in [0.29, 0.717) is 26.2 Å². The zero-order chi connectivity index (χ0) is 17.9. The van der Waals surface area contributed by atoms with Crippen molar-refractivity contribution in [1.29, 1.82) is 0 Å². The predicted molar refractivity (Wildman–Crippen MR) is 99.4 cm³/mol. The third kappa shape index (κ3) is 3.34. The van der Waals surface area contributed by atoms with E-state index in [2.05, 4.69) is 15.3 Å². The molecule has 0 aliphatic carbocycles. The minimum Gasteiger partial charge on any atom is -0.450 e. The van der Waals surface area contributed by atoms with Crippen molar-refractivity contribution in [2.45, 2.75) is 25.9 Å². The summed E-state index contributed by atoms with van der Waals surface area (Å²) in [5.41, 5.74) is 4.46. The number of imidazole rings is 1. The van der Waals surface area contributed by atoms with Gasteiger partial charge >= 0.3 is 6.09 Å². The lowest BCUT2D eigenvalue weighted by molar-refractivity contribution is 0.115. The Morgan fingerprint density at radius 2 is 2.38 bits per heavy atom. The SMILES string of the molecule is CCOC(=O)N1CCC(Nc2nc3cccnc3n2Cc2cscn2)C1. The summed E-state index contributed by atoms with van der Waals surface area (Å²) in [4.78, 5) is 27.2. The van der Waals surface area contributed by atoms with Crippen LogP contribution in [0.4, 0.5) is 10.7 Å². The van der Waals surface area contributed by atoms with Crippen LogP contribution in [-0.2, 0) is 11.3 Å². The molecule has 8 nitrogen and oxygen atoms in total. The normalized spacial score (nSPS) is 17.0. The number of fused-ring (bicyclic) bond motifs is 1. The maximum absolute atomic E-state index is 11.9. The summed E-state index contributed by atoms with van der Waals surface area (Å²) in [6, 6.07) is 3.96. The third-order valence-electron chi connectivity index (χ3n) is 4.35. The van der Waals surface area contributed by atoms with Crippen LogP contribution >= 0.6 is 11.3 Å². The maximum atomic E-state index is 11.9. The van der Waals surface area contributed by atoms with E-state index in [4.69, 9.17) is 9.72 Å². The van der Waals surface area contributed by atoms with Crippen molar-refractivity contribution in [2.75, 3.05) is 25.0 Å². The van der Waals surface area contributed by atoms with Crippen LogP contribution < -0.4 is 5.32 Å². The van der Waals surface area contributed by atoms with Crippen molar-refractivity contribution in [1.82, 2.24) is 24.4 Å². The molecule has 4 rings (SSSR count). The van der Waals surface area contributed by atoms with Crippen LogP contribution in [0.15, 0.2) is 29.2 Å². The minimum atomic E-state index is -0.255. The number of nitrogens with one attached hydrogen (secondary N) is 1. The Labute approximate surface area is 154 Å². The van der Waals surface area contributed by atoms with Gasteiger partial charge in [-0.2, -0.15) is 0 Å². The van der Waals surface area contributed by atoms with Crippen molar-refractivity contribution in [3.63, 3.8) is 0 Å². The van der Waals surface area contributed by atoms with E-state index < -0.39 is 0 Å². The standard InChI is InChI=1S/C17H20N6O2S/c1-2-25-17(24)22-7-5-12(8-22)20-16-21-14-4-3-6-18-15(14)23(16)9-13-10-26-11-19-13/h3-4,6,10-12H,2,5,7-9H2,1H3,(H,20,21). The highest BCUT2D eigenvalue weighted by Gasteiger charge is 2.28. The fourth-order valence-corrected chi connectivity index (χ4v) is 3.69. The van der Waals surface area contributed by atoms with E-state index in [0.717, 1.165) is 29.2 Å². The second kappa shape index (κ2) is 7.28. The minimum absolute atomic E-state index is 0.130. The van der Waals surface area contributed by atoms with Crippen LogP contribution in [-0.4, -0.2) is 56.3 Å². The molecule has 1 N–H and O–H groups in total. The number of thiazole rings is 1. The number of anilines is 1. The number of carbonyl (C=O) groups is 1. The van der Waals surface area contributed by atoms with Crippen molar-refractivity contribution < 1.29 is 9.53 Å². The number of ether oxygens (including phenoxy) is 1. The molecule has 0 aromatic carbocycles. The number of likely N-dealkylation sites (tertiary alicyclic amines) is 1. The molecule has 0 spiro atoms. The summed E-state index contributed by atoms with van der Waals surface area (Å²) in [5.74, 6) is 0.752. The number of pyridine rings is 1. The predicted octanol–water partition coefficient (Wildman–Crippen LogP) is 2.58. The molecule has 1 saturated heterocycles. The number of amides is 1. The highest BCUT2D eigenvalue weighted by atomic mass is 32.1. The van der Waals surface area contributed by atoms with Crippen molar-refractivity contribution >= 4 is 34.5 Å². The Hall–Kier alpha value is -2.68. The zero-order valence-electron chi connectivity index (χ0n) is 14.5. The van der Waals surface area contributed by atoms with Gasteiger partial charge in [0.05, 0.1) is 24.4 Å². The molecule has 4 heterocycles. The summed E-state index contributed by atoms with van der Waals surface area (Å²) in [5, 5.41) is 5.50. The molecule has 1 aliphatic rings. The van der Waals surface area contributed by atoms with Gasteiger partial charge in [0.25, 0.3) is 0 Å². The van der Waals surface area contributed by atoms with Gasteiger partial charge in [-0.15, -0.1) is 11.3 Å². The van der Waals surface area contributed by atoms with Gasteiger partial charge in [0, 0.05) is 30.7 Å². The second-order valence-corrected chi connectivity index (χ2v) is 6.84. The van der Waals surface area contributed by atoms with E-state index in [1.807, 2.05) is 34.5 Å². The highest BCUT2D eigenvalue weighted by molar-refractivity contribution is 7.07. The summed E-state index contributed by atoms with van der Waals surface area (Å²) in [6.07, 6.45) is 2.37. The van der Waals surface area contributed by atoms with Crippen LogP contribution in [0.2, 0.25) is 0 Å². The summed E-state index contributed by atoms with van der Waals surface area (Å²) < 4.78 is 7.13. The Balaban J connectivity index is 1.55. The molecule has 26 heavy (non-hydrogen) atoms. The Morgan fingerprint density at radius 3 is 3.19 bits per heavy atom. The first-order chi connectivity index (χ1) is 12.7. The highest BCUT2D eigenvalue weighted by Crippen LogP contribution is 2.22. The molecule has 0 bridgehead atoms. The van der Waals surface area contributed by atoms with Crippen LogP contribution in [0.5, 0.6) is 0 Å². The van der Waals surface area contributed by atoms with E-state index >= 15 is 0 Å². The molecule has 1 unspecified atom stereocenters. The first kappa shape index (κ1) is 16.8. The lowest BCUT2D eigenvalue weighted by Crippen LogP contribution is -2.32. The van der Waals surface area contributed by atoms with Crippen molar-refractivity contribution in [2.24, 2.45) is 0 Å². The summed E-state index contributed by atoms with van der Waals surface area (Å²) in [6.45, 7) is 4.10. The lowest BCUT2D eigenvalue weighted by atomic mass is 10.3. The fraction of sp³-hybridized carbons (Fsp3) is 0.412. The molecule has 0 radical (unpaired) electrons. The quantitative estimate of drug-likeness (QED) is 0.741. The molecule has 136 valence electrons.